The second kappa shape index (κ2) is 11.6. The van der Waals surface area contributed by atoms with Crippen LogP contribution in [0.4, 0.5) is 5.00 Å². The summed E-state index contributed by atoms with van der Waals surface area (Å²) in [6.45, 7) is 9.32. The molecule has 12 heteroatoms. The summed E-state index contributed by atoms with van der Waals surface area (Å²) in [7, 11) is 1.80. The number of anilines is 1. The molecule has 10 nitrogen and oxygen atoms in total. The van der Waals surface area contributed by atoms with Crippen molar-refractivity contribution in [1.29, 1.82) is 0 Å². The van der Waals surface area contributed by atoms with Gasteiger partial charge in [-0.3, -0.25) is 9.59 Å². The Morgan fingerprint density at radius 2 is 1.83 bits per heavy atom. The van der Waals surface area contributed by atoms with E-state index in [1.165, 1.54) is 11.8 Å². The average Bonchev–Trinajstić information content (AvgIpc) is 3.31. The first-order valence-electron chi connectivity index (χ1n) is 11.2. The highest BCUT2D eigenvalue weighted by atomic mass is 32.2. The van der Waals surface area contributed by atoms with Crippen molar-refractivity contribution in [3.63, 3.8) is 0 Å². The number of esters is 1. The number of rotatable bonds is 10. The van der Waals surface area contributed by atoms with Gasteiger partial charge in [0.2, 0.25) is 5.91 Å². The topological polar surface area (TPSA) is 138 Å². The lowest BCUT2D eigenvalue weighted by Crippen LogP contribution is -2.17. The van der Waals surface area contributed by atoms with Crippen LogP contribution in [0.15, 0.2) is 23.4 Å². The molecule has 1 atom stereocenters. The summed E-state index contributed by atoms with van der Waals surface area (Å²) in [6, 6.07) is 5.99. The first-order valence-corrected chi connectivity index (χ1v) is 13.0. The average molecular weight is 532 g/mol. The number of thioether (sulfide) groups is 1. The molecule has 3 aromatic rings. The third kappa shape index (κ3) is 6.24. The van der Waals surface area contributed by atoms with Gasteiger partial charge in [0.25, 0.3) is 5.91 Å². The molecule has 192 valence electrons. The molecular weight excluding hydrogens is 502 g/mol. The number of amides is 2. The Morgan fingerprint density at radius 1 is 1.17 bits per heavy atom. The molecule has 1 unspecified atom stereocenters. The summed E-state index contributed by atoms with van der Waals surface area (Å²) in [5.74, 6) is -0.327. The van der Waals surface area contributed by atoms with Gasteiger partial charge in [0.1, 0.15) is 10.8 Å². The zero-order valence-electron chi connectivity index (χ0n) is 21.0. The molecule has 36 heavy (non-hydrogen) atoms. The van der Waals surface area contributed by atoms with Crippen molar-refractivity contribution < 1.29 is 23.9 Å². The molecule has 0 aliphatic rings. The molecule has 3 N–H and O–H groups in total. The van der Waals surface area contributed by atoms with Gasteiger partial charge in [-0.15, -0.1) is 21.5 Å². The lowest BCUT2D eigenvalue weighted by molar-refractivity contribution is -0.113. The molecule has 0 aliphatic carbocycles. The van der Waals surface area contributed by atoms with Crippen molar-refractivity contribution in [2.75, 3.05) is 17.7 Å². The van der Waals surface area contributed by atoms with Crippen molar-refractivity contribution in [2.45, 2.75) is 45.9 Å². The fraction of sp³-hybridized carbons (Fsp3) is 0.375. The van der Waals surface area contributed by atoms with E-state index in [0.717, 1.165) is 28.2 Å². The summed E-state index contributed by atoms with van der Waals surface area (Å²) in [5.41, 5.74) is 8.14. The zero-order chi connectivity index (χ0) is 26.6. The van der Waals surface area contributed by atoms with Gasteiger partial charge in [0.05, 0.1) is 22.8 Å². The van der Waals surface area contributed by atoms with E-state index in [-0.39, 0.29) is 39.8 Å². The van der Waals surface area contributed by atoms with Crippen LogP contribution in [0.25, 0.3) is 0 Å². The first kappa shape index (κ1) is 27.2. The van der Waals surface area contributed by atoms with Crippen LogP contribution in [0.3, 0.4) is 0 Å². The summed E-state index contributed by atoms with van der Waals surface area (Å²) in [5, 5.41) is 11.9. The highest BCUT2D eigenvalue weighted by Gasteiger charge is 2.26. The Bertz CT molecular complexity index is 1280. The fourth-order valence-electron chi connectivity index (χ4n) is 3.64. The molecule has 2 aromatic heterocycles. The maximum absolute atomic E-state index is 12.7. The molecular formula is C24H29N5O5S2. The van der Waals surface area contributed by atoms with Crippen LogP contribution in [0, 0.1) is 20.8 Å². The van der Waals surface area contributed by atoms with Gasteiger partial charge in [0, 0.05) is 7.05 Å². The third-order valence-electron chi connectivity index (χ3n) is 5.18. The highest BCUT2D eigenvalue weighted by Crippen LogP contribution is 2.34. The molecule has 2 heterocycles. The maximum Gasteiger partial charge on any atom is 0.341 e. The van der Waals surface area contributed by atoms with E-state index in [1.807, 2.05) is 32.9 Å². The number of hydrogen-bond acceptors (Lipinski definition) is 9. The number of nitrogens with zero attached hydrogens (tertiary/aromatic N) is 3. The Hall–Kier alpha value is -3.38. The smallest absolute Gasteiger partial charge is 0.341 e. The number of benzene rings is 1. The number of primary amides is 1. The summed E-state index contributed by atoms with van der Waals surface area (Å²) >= 11 is 2.13. The molecule has 0 fully saturated rings. The third-order valence-corrected chi connectivity index (χ3v) is 7.42. The zero-order valence-corrected chi connectivity index (χ0v) is 22.6. The minimum Gasteiger partial charge on any atom is -0.483 e. The van der Waals surface area contributed by atoms with Crippen LogP contribution >= 0.6 is 23.1 Å². The van der Waals surface area contributed by atoms with E-state index >= 15 is 0 Å². The van der Waals surface area contributed by atoms with E-state index in [0.29, 0.717) is 16.5 Å². The lowest BCUT2D eigenvalue weighted by Gasteiger charge is -2.15. The predicted octanol–water partition coefficient (Wildman–Crippen LogP) is 3.95. The summed E-state index contributed by atoms with van der Waals surface area (Å²) in [6.07, 6.45) is -0.361. The van der Waals surface area contributed by atoms with Gasteiger partial charge in [-0.2, -0.15) is 0 Å². The molecule has 1 aromatic carbocycles. The highest BCUT2D eigenvalue weighted by molar-refractivity contribution is 7.99. The lowest BCUT2D eigenvalue weighted by atomic mass is 10.1. The normalized spacial score (nSPS) is 11.7. The van der Waals surface area contributed by atoms with Gasteiger partial charge < -0.3 is 25.1 Å². The van der Waals surface area contributed by atoms with Gasteiger partial charge in [-0.1, -0.05) is 17.8 Å². The Kier molecular flexibility index (Phi) is 8.75. The summed E-state index contributed by atoms with van der Waals surface area (Å²) < 4.78 is 12.9. The first-order chi connectivity index (χ1) is 17.0. The number of nitrogens with one attached hydrogen (secondary N) is 1. The Labute approximate surface area is 217 Å². The quantitative estimate of drug-likeness (QED) is 0.296. The maximum atomic E-state index is 12.7. The molecule has 0 saturated carbocycles. The van der Waals surface area contributed by atoms with Gasteiger partial charge in [0.15, 0.2) is 17.1 Å². The SMILES string of the molecule is CCOC(=O)c1c(NC(=O)CSc2nnc(C(C)Oc3cc(C)cc(C)c3)n2C)sc(C(N)=O)c1C. The number of aromatic nitrogens is 3. The van der Waals surface area contributed by atoms with Gasteiger partial charge in [-0.25, -0.2) is 4.79 Å². The van der Waals surface area contributed by atoms with Crippen LogP contribution in [0.5, 0.6) is 5.75 Å². The number of thiophene rings is 1. The molecule has 3 rings (SSSR count). The number of ether oxygens (including phenoxy) is 2. The molecule has 0 bridgehead atoms. The van der Waals surface area contributed by atoms with Crippen LogP contribution < -0.4 is 15.8 Å². The van der Waals surface area contributed by atoms with Gasteiger partial charge in [-0.05, 0) is 63.4 Å². The number of hydrogen-bond donors (Lipinski definition) is 2. The van der Waals surface area contributed by atoms with E-state index in [1.54, 1.807) is 25.5 Å². The minimum atomic E-state index is -0.679. The van der Waals surface area contributed by atoms with Gasteiger partial charge >= 0.3 is 5.97 Å². The van der Waals surface area contributed by atoms with E-state index in [2.05, 4.69) is 21.6 Å². The van der Waals surface area contributed by atoms with Crippen molar-refractivity contribution in [2.24, 2.45) is 12.8 Å². The second-order valence-corrected chi connectivity index (χ2v) is 10.1. The monoisotopic (exact) mass is 531 g/mol. The van der Waals surface area contributed by atoms with Crippen LogP contribution in [0.2, 0.25) is 0 Å². The van der Waals surface area contributed by atoms with Crippen LogP contribution in [-0.2, 0) is 16.6 Å². The molecule has 0 saturated heterocycles. The van der Waals surface area contributed by atoms with Crippen molar-refractivity contribution in [1.82, 2.24) is 14.8 Å². The fourth-order valence-corrected chi connectivity index (χ4v) is 5.42. The number of aryl methyl sites for hydroxylation is 2. The van der Waals surface area contributed by atoms with Crippen molar-refractivity contribution >= 4 is 45.9 Å². The molecule has 0 radical (unpaired) electrons. The number of carbonyl (C=O) groups excluding carboxylic acids is 3. The standard InChI is InChI=1S/C24H29N5O5S2/c1-7-33-23(32)18-14(4)19(20(25)31)36-22(18)26-17(30)11-35-24-28-27-21(29(24)6)15(5)34-16-9-12(2)8-13(3)10-16/h8-10,15H,7,11H2,1-6H3,(H2,25,31)(H,26,30). The van der Waals surface area contributed by atoms with Crippen LogP contribution in [-0.4, -0.2) is 44.9 Å². The van der Waals surface area contributed by atoms with E-state index in [4.69, 9.17) is 15.2 Å². The van der Waals surface area contributed by atoms with E-state index in [9.17, 15) is 14.4 Å². The van der Waals surface area contributed by atoms with Crippen molar-refractivity contribution in [3.8, 4) is 5.75 Å². The van der Waals surface area contributed by atoms with Crippen LogP contribution in [0.1, 0.15) is 62.5 Å². The summed E-state index contributed by atoms with van der Waals surface area (Å²) in [4.78, 5) is 37.0. The molecule has 2 amide bonds. The number of nitrogens with two attached hydrogens (primary N) is 1. The Balaban J connectivity index is 1.68. The molecule has 0 aliphatic heterocycles. The van der Waals surface area contributed by atoms with E-state index < -0.39 is 11.9 Å². The Morgan fingerprint density at radius 3 is 2.44 bits per heavy atom. The second-order valence-electron chi connectivity index (χ2n) is 8.17. The molecule has 0 spiro atoms. The van der Waals surface area contributed by atoms with Crippen molar-refractivity contribution in [3.05, 3.63) is 51.2 Å². The predicted molar refractivity (Wildman–Crippen MR) is 139 cm³/mol. The minimum absolute atomic E-state index is 0.00338. The number of carbonyl (C=O) groups is 3. The largest absolute Gasteiger partial charge is 0.483 e.